The Kier molecular flexibility index (Phi) is 65.4. The summed E-state index contributed by atoms with van der Waals surface area (Å²) in [5.74, 6) is 12.0. The summed E-state index contributed by atoms with van der Waals surface area (Å²) in [5.41, 5.74) is 0. The minimum absolute atomic E-state index is 0.0244. The molecule has 662 valence electrons. The number of unbranched alkanes of at least 4 members (excludes halogenated alkanes) is 19. The van der Waals surface area contributed by atoms with Gasteiger partial charge in [0.1, 0.15) is 11.6 Å². The molecule has 17 atom stereocenters. The first kappa shape index (κ1) is 109. The first-order valence-electron chi connectivity index (χ1n) is 47.8. The van der Waals surface area contributed by atoms with E-state index in [0.29, 0.717) is 128 Å². The lowest BCUT2D eigenvalue weighted by molar-refractivity contribution is -0.248. The maximum atomic E-state index is 12.6. The highest BCUT2D eigenvalue weighted by Crippen LogP contribution is 2.44. The number of carboxylic acid groups (broad SMARTS) is 1. The summed E-state index contributed by atoms with van der Waals surface area (Å²) in [6.45, 7) is 65.7. The largest absolute Gasteiger partial charge is 0.481 e. The molecule has 111 heavy (non-hydrogen) atoms. The highest BCUT2D eigenvalue weighted by molar-refractivity contribution is 5.79. The second-order valence-electron chi connectivity index (χ2n) is 37.4. The van der Waals surface area contributed by atoms with Gasteiger partial charge < -0.3 is 43.0 Å². The zero-order chi connectivity index (χ0) is 84.0. The van der Waals surface area contributed by atoms with Crippen molar-refractivity contribution in [2.75, 3.05) is 40.1 Å². The van der Waals surface area contributed by atoms with Crippen LogP contribution in [0.5, 0.6) is 0 Å². The van der Waals surface area contributed by atoms with Crippen LogP contribution in [0, 0.1) is 107 Å². The fourth-order valence-corrected chi connectivity index (χ4v) is 18.2. The van der Waals surface area contributed by atoms with Crippen molar-refractivity contribution in [3.8, 4) is 0 Å². The molecular formula is C98H193NO12. The molecule has 0 aromatic rings. The number of hydrogen-bond acceptors (Lipinski definition) is 12. The monoisotopic (exact) mass is 1580 g/mol. The molecular weight excluding hydrogens is 1380 g/mol. The van der Waals surface area contributed by atoms with Crippen LogP contribution in [0.25, 0.3) is 0 Å². The lowest BCUT2D eigenvalue weighted by Gasteiger charge is -2.43. The van der Waals surface area contributed by atoms with Crippen molar-refractivity contribution in [2.24, 2.45) is 107 Å². The van der Waals surface area contributed by atoms with Gasteiger partial charge in [0.05, 0.1) is 31.5 Å². The van der Waals surface area contributed by atoms with E-state index < -0.39 is 5.97 Å². The second-order valence-corrected chi connectivity index (χ2v) is 37.4. The molecule has 0 radical (unpaired) electrons. The molecule has 3 fully saturated rings. The van der Waals surface area contributed by atoms with Gasteiger partial charge in [-0.25, -0.2) is 0 Å². The fraction of sp³-hybridized carbons (Fsp3) is 0.969. The average molecular weight is 1580 g/mol. The van der Waals surface area contributed by atoms with Gasteiger partial charge in [0.25, 0.3) is 0 Å². The lowest BCUT2D eigenvalue weighted by atomic mass is 9.63. The van der Waals surface area contributed by atoms with Gasteiger partial charge in [-0.3, -0.25) is 19.3 Å². The Labute approximate surface area is 690 Å². The van der Waals surface area contributed by atoms with Crippen molar-refractivity contribution in [1.29, 1.82) is 0 Å². The molecule has 1 N–H and O–H groups in total. The predicted molar refractivity (Wildman–Crippen MR) is 471 cm³/mol. The molecule has 3 heterocycles. The molecule has 3 aliphatic rings. The molecule has 0 aliphatic carbocycles. The molecule has 0 spiro atoms. The van der Waals surface area contributed by atoms with Crippen molar-refractivity contribution in [2.45, 2.75) is 468 Å². The van der Waals surface area contributed by atoms with Crippen LogP contribution in [0.4, 0.5) is 0 Å². The third-order valence-electron chi connectivity index (χ3n) is 27.0. The van der Waals surface area contributed by atoms with E-state index in [9.17, 15) is 14.4 Å². The van der Waals surface area contributed by atoms with Gasteiger partial charge in [-0.1, -0.05) is 302 Å². The molecule has 0 aromatic carbocycles. The number of Topliss-reactive ketones (excluding diaryl/α,β-unsaturated/α-hetero) is 2. The summed E-state index contributed by atoms with van der Waals surface area (Å²) in [7, 11) is 2.03. The Morgan fingerprint density at radius 1 is 0.360 bits per heavy atom. The van der Waals surface area contributed by atoms with E-state index in [2.05, 4.69) is 192 Å². The van der Waals surface area contributed by atoms with Crippen LogP contribution < -0.4 is 0 Å². The van der Waals surface area contributed by atoms with E-state index in [1.54, 1.807) is 0 Å². The van der Waals surface area contributed by atoms with Gasteiger partial charge in [0, 0.05) is 75.7 Å². The highest BCUT2D eigenvalue weighted by atomic mass is 16.7. The Morgan fingerprint density at radius 3 is 0.946 bits per heavy atom. The minimum atomic E-state index is -0.680. The quantitative estimate of drug-likeness (QED) is 0.0455. The van der Waals surface area contributed by atoms with Gasteiger partial charge >= 0.3 is 5.97 Å². The maximum absolute atomic E-state index is 12.6. The number of hydrogen-bond donors (Lipinski definition) is 1. The number of carbonyl (C=O) groups is 3. The summed E-state index contributed by atoms with van der Waals surface area (Å²) in [6.07, 6.45) is 39.5. The third kappa shape index (κ3) is 46.6. The van der Waals surface area contributed by atoms with Gasteiger partial charge in [-0.05, 0) is 180 Å². The molecule has 13 heteroatoms. The normalized spacial score (nSPS) is 24.9. The SMILES string of the molecule is CCC(CC)CC(=O)CCCCCCCCCOC1OC(CC)C(C)C(C)C1C.CCC1OC(OCCCCCCCCCC(=O)O)C(C)C(C)C1C.CCCCC(C(C(C)C)C(C)C)C(C(C)C)C(C)C.CCCOC(OCC(CC)CC(=O)CCCCCCCCCOC1OC(CC)C(C)C(C)C1C)N(C)C(C)C. The molecule has 17 unspecified atom stereocenters. The number of ether oxygens (including phenoxy) is 8. The number of aliphatic carboxylic acids is 1. The predicted octanol–water partition coefficient (Wildman–Crippen LogP) is 27.7. The lowest BCUT2D eigenvalue weighted by Crippen LogP contribution is -2.45. The summed E-state index contributed by atoms with van der Waals surface area (Å²) in [5, 5.41) is 8.58. The van der Waals surface area contributed by atoms with Crippen LogP contribution in [0.3, 0.4) is 0 Å². The molecule has 0 amide bonds. The number of carboxylic acids is 1. The summed E-state index contributed by atoms with van der Waals surface area (Å²) in [6, 6.07) is 0.337. The van der Waals surface area contributed by atoms with Gasteiger partial charge in [0.15, 0.2) is 18.9 Å². The van der Waals surface area contributed by atoms with Gasteiger partial charge in [-0.15, -0.1) is 0 Å². The summed E-state index contributed by atoms with van der Waals surface area (Å²) in [4.78, 5) is 37.1. The molecule has 3 aliphatic heterocycles. The van der Waals surface area contributed by atoms with Crippen LogP contribution in [0.1, 0.15) is 418 Å². The van der Waals surface area contributed by atoms with Crippen molar-refractivity contribution in [3.63, 3.8) is 0 Å². The summed E-state index contributed by atoms with van der Waals surface area (Å²) < 4.78 is 48.9. The van der Waals surface area contributed by atoms with E-state index in [4.69, 9.17) is 43.0 Å². The Hall–Kier alpha value is -1.55. The molecule has 3 saturated heterocycles. The number of nitrogens with zero attached hydrogens (tertiary/aromatic N) is 1. The van der Waals surface area contributed by atoms with Crippen LogP contribution >= 0.6 is 0 Å². The standard InChI is InChI=1S/C33H65NO5.C26H50O3.C20H38O4.C19H40/c1-10-21-37-33(34(9)25(4)5)38-24-29(11-2)23-30(35)20-18-16-14-13-15-17-19-22-36-32-28(8)26(6)27(7)31(12-3)39-32;1-7-23(8-2)19-24(27)17-15-13-11-10-12-14-16-18-28-26-22(6)20(4)21(5)25(9-3)29-26;1-5-18-16(3)15(2)17(4)20(24-18)23-14-12-10-8-6-7-9-11-13-19(21)22;1-10-11-12-17(18(13(2)3)14(4)5)19(15(6)7)16(8)9/h25-29,31-33H,10-24H2,1-9H3;20-23,25-26H,7-19H2,1-6H3;15-18,20H,5-14H2,1-4H3,(H,21,22);13-19H,10-12H2,1-9H3. The Bertz CT molecular complexity index is 2130. The van der Waals surface area contributed by atoms with Gasteiger partial charge in [-0.2, -0.15) is 0 Å². The molecule has 0 bridgehead atoms. The Balaban J connectivity index is 0.00000150. The van der Waals surface area contributed by atoms with E-state index in [-0.39, 0.29) is 31.2 Å². The number of ketones is 2. The molecule has 3 rings (SSSR count). The molecule has 0 aromatic heterocycles. The first-order chi connectivity index (χ1) is 52.8. The van der Waals surface area contributed by atoms with Crippen LogP contribution in [0.2, 0.25) is 0 Å². The fourth-order valence-electron chi connectivity index (χ4n) is 18.2. The van der Waals surface area contributed by atoms with Gasteiger partial charge in [0.2, 0.25) is 6.41 Å². The van der Waals surface area contributed by atoms with Crippen molar-refractivity contribution in [1.82, 2.24) is 4.90 Å². The van der Waals surface area contributed by atoms with E-state index in [1.807, 2.05) is 7.05 Å². The van der Waals surface area contributed by atoms with Crippen LogP contribution in [-0.4, -0.2) is 117 Å². The van der Waals surface area contributed by atoms with Crippen molar-refractivity contribution >= 4 is 17.5 Å². The second kappa shape index (κ2) is 66.3. The minimum Gasteiger partial charge on any atom is -0.481 e. The van der Waals surface area contributed by atoms with Crippen molar-refractivity contribution < 1.29 is 57.4 Å². The smallest absolute Gasteiger partial charge is 0.303 e. The number of carbonyl (C=O) groups excluding carboxylic acids is 2. The number of rotatable bonds is 60. The van der Waals surface area contributed by atoms with Crippen LogP contribution in [0.15, 0.2) is 0 Å². The summed E-state index contributed by atoms with van der Waals surface area (Å²) >= 11 is 0. The van der Waals surface area contributed by atoms with Crippen LogP contribution in [-0.2, 0) is 52.3 Å². The van der Waals surface area contributed by atoms with E-state index in [0.717, 1.165) is 177 Å². The highest BCUT2D eigenvalue weighted by Gasteiger charge is 2.42. The zero-order valence-electron chi connectivity index (χ0n) is 78.9. The first-order valence-corrected chi connectivity index (χ1v) is 47.8. The van der Waals surface area contributed by atoms with Crippen molar-refractivity contribution in [3.05, 3.63) is 0 Å². The third-order valence-corrected chi connectivity index (χ3v) is 27.0. The molecule has 13 nitrogen and oxygen atoms in total. The topological polar surface area (TPSA) is 149 Å². The zero-order valence-corrected chi connectivity index (χ0v) is 78.9. The molecule has 0 saturated carbocycles. The van der Waals surface area contributed by atoms with E-state index in [1.165, 1.54) is 96.3 Å². The Morgan fingerprint density at radius 2 is 0.667 bits per heavy atom. The maximum Gasteiger partial charge on any atom is 0.303 e. The average Bonchev–Trinajstić information content (AvgIpc) is 0.464. The van der Waals surface area contributed by atoms with E-state index >= 15 is 0 Å².